The Hall–Kier alpha value is -3.86. The molecule has 4 aromatic heterocycles. The van der Waals surface area contributed by atoms with E-state index < -0.39 is 0 Å². The van der Waals surface area contributed by atoms with Crippen LogP contribution in [0.1, 0.15) is 48.1 Å². The van der Waals surface area contributed by atoms with Crippen LogP contribution < -0.4 is 10.1 Å². The van der Waals surface area contributed by atoms with Crippen molar-refractivity contribution >= 4 is 11.4 Å². The van der Waals surface area contributed by atoms with E-state index in [1.165, 1.54) is 6.20 Å². The van der Waals surface area contributed by atoms with E-state index in [4.69, 9.17) is 14.0 Å². The lowest BCUT2D eigenvalue weighted by atomic mass is 9.88. The van der Waals surface area contributed by atoms with Crippen LogP contribution >= 0.6 is 0 Å². The summed E-state index contributed by atoms with van der Waals surface area (Å²) in [5, 5.41) is 19.9. The third-order valence-corrected chi connectivity index (χ3v) is 5.06. The third-order valence-electron chi connectivity index (χ3n) is 5.06. The van der Waals surface area contributed by atoms with Crippen LogP contribution in [0.25, 0.3) is 17.0 Å². The van der Waals surface area contributed by atoms with Crippen LogP contribution in [0.3, 0.4) is 0 Å². The maximum Gasteiger partial charge on any atom is 0.252 e. The molecule has 0 spiro atoms. The zero-order chi connectivity index (χ0) is 24.3. The van der Waals surface area contributed by atoms with Gasteiger partial charge in [-0.15, -0.1) is 10.2 Å². The molecule has 4 aromatic rings. The lowest BCUT2D eigenvalue weighted by Crippen LogP contribution is -2.27. The number of hydrogen-bond donors (Lipinski definition) is 1. The molecule has 0 saturated heterocycles. The highest BCUT2D eigenvalue weighted by molar-refractivity contribution is 5.93. The van der Waals surface area contributed by atoms with Gasteiger partial charge in [-0.25, -0.2) is 4.52 Å². The van der Waals surface area contributed by atoms with Crippen molar-refractivity contribution in [2.75, 3.05) is 20.3 Å². The van der Waals surface area contributed by atoms with Crippen molar-refractivity contribution in [3.05, 3.63) is 53.2 Å². The SMILES string of the molecule is COCCNC(=O)c1ccc(COc2nn3c(-c4cc(C)on4)nncc3c2C(C)(C)C)nc1. The summed E-state index contributed by atoms with van der Waals surface area (Å²) in [6, 6.07) is 5.24. The Kier molecular flexibility index (Phi) is 6.55. The minimum absolute atomic E-state index is 0.178. The topological polar surface area (TPSA) is 130 Å². The fourth-order valence-corrected chi connectivity index (χ4v) is 3.46. The predicted molar refractivity (Wildman–Crippen MR) is 122 cm³/mol. The van der Waals surface area contributed by atoms with Crippen LogP contribution in [0.2, 0.25) is 0 Å². The first kappa shape index (κ1) is 23.3. The molecule has 34 heavy (non-hydrogen) atoms. The standard InChI is InChI=1S/C23H27N7O4/c1-14-10-17(29-34-14)20-27-26-12-18-19(23(2,3)4)22(28-30(18)20)33-13-16-7-6-15(11-25-16)21(31)24-8-9-32-5/h6-7,10-12H,8-9,13H2,1-5H3,(H,24,31). The van der Waals surface area contributed by atoms with Crippen LogP contribution in [-0.2, 0) is 16.8 Å². The van der Waals surface area contributed by atoms with E-state index in [-0.39, 0.29) is 17.9 Å². The van der Waals surface area contributed by atoms with Gasteiger partial charge in [-0.2, -0.15) is 5.10 Å². The van der Waals surface area contributed by atoms with Crippen LogP contribution in [0.4, 0.5) is 0 Å². The van der Waals surface area contributed by atoms with E-state index in [1.54, 1.807) is 36.0 Å². The Bertz CT molecular complexity index is 1290. The summed E-state index contributed by atoms with van der Waals surface area (Å²) >= 11 is 0. The molecule has 0 aliphatic carbocycles. The molecule has 4 rings (SSSR count). The Morgan fingerprint density at radius 2 is 2.06 bits per heavy atom. The number of amides is 1. The summed E-state index contributed by atoms with van der Waals surface area (Å²) in [6.45, 7) is 9.10. The number of aryl methyl sites for hydroxylation is 1. The summed E-state index contributed by atoms with van der Waals surface area (Å²) in [5.74, 6) is 1.36. The van der Waals surface area contributed by atoms with Gasteiger partial charge in [0.1, 0.15) is 12.4 Å². The molecule has 178 valence electrons. The Balaban J connectivity index is 1.59. The number of rotatable bonds is 8. The van der Waals surface area contributed by atoms with Crippen LogP contribution in [0, 0.1) is 6.92 Å². The molecule has 0 aromatic carbocycles. The largest absolute Gasteiger partial charge is 0.470 e. The molecule has 0 radical (unpaired) electrons. The minimum atomic E-state index is -0.283. The fourth-order valence-electron chi connectivity index (χ4n) is 3.46. The second-order valence-corrected chi connectivity index (χ2v) is 8.79. The first-order valence-corrected chi connectivity index (χ1v) is 10.8. The second-order valence-electron chi connectivity index (χ2n) is 8.79. The maximum atomic E-state index is 12.1. The number of methoxy groups -OCH3 is 1. The molecule has 1 N–H and O–H groups in total. The number of aromatic nitrogens is 6. The van der Waals surface area contributed by atoms with Crippen molar-refractivity contribution in [1.29, 1.82) is 0 Å². The van der Waals surface area contributed by atoms with Crippen LogP contribution in [0.15, 0.2) is 35.1 Å². The molecule has 0 aliphatic rings. The highest BCUT2D eigenvalue weighted by Crippen LogP contribution is 2.35. The van der Waals surface area contributed by atoms with E-state index in [9.17, 15) is 4.79 Å². The normalized spacial score (nSPS) is 11.7. The Morgan fingerprint density at radius 1 is 1.24 bits per heavy atom. The lowest BCUT2D eigenvalue weighted by Gasteiger charge is -2.18. The fraction of sp³-hybridized carbons (Fsp3) is 0.391. The molecule has 0 atom stereocenters. The van der Waals surface area contributed by atoms with Crippen LogP contribution in [0.5, 0.6) is 5.88 Å². The van der Waals surface area contributed by atoms with Gasteiger partial charge >= 0.3 is 0 Å². The summed E-state index contributed by atoms with van der Waals surface area (Å²) in [6.07, 6.45) is 3.18. The van der Waals surface area contributed by atoms with Crippen LogP contribution in [-0.4, -0.2) is 56.1 Å². The van der Waals surface area contributed by atoms with Gasteiger partial charge < -0.3 is 19.3 Å². The zero-order valence-electron chi connectivity index (χ0n) is 19.8. The Morgan fingerprint density at radius 3 is 2.71 bits per heavy atom. The molecule has 0 unspecified atom stereocenters. The zero-order valence-corrected chi connectivity index (χ0v) is 19.8. The molecule has 4 heterocycles. The summed E-state index contributed by atoms with van der Waals surface area (Å²) in [7, 11) is 1.58. The minimum Gasteiger partial charge on any atom is -0.470 e. The van der Waals surface area contributed by atoms with Gasteiger partial charge in [0.25, 0.3) is 5.91 Å². The number of carbonyl (C=O) groups excluding carboxylic acids is 1. The number of nitrogens with one attached hydrogen (secondary N) is 1. The van der Waals surface area contributed by atoms with Gasteiger partial charge in [-0.1, -0.05) is 25.9 Å². The molecule has 0 saturated carbocycles. The molecule has 11 nitrogen and oxygen atoms in total. The first-order valence-electron chi connectivity index (χ1n) is 10.8. The van der Waals surface area contributed by atoms with Crippen molar-refractivity contribution in [2.45, 2.75) is 39.7 Å². The van der Waals surface area contributed by atoms with E-state index >= 15 is 0 Å². The molecule has 0 bridgehead atoms. The number of ether oxygens (including phenoxy) is 2. The molecule has 0 fully saturated rings. The van der Waals surface area contributed by atoms with Crippen molar-refractivity contribution in [1.82, 2.24) is 35.3 Å². The maximum absolute atomic E-state index is 12.1. The van der Waals surface area contributed by atoms with Crippen molar-refractivity contribution in [2.24, 2.45) is 0 Å². The Labute approximate surface area is 196 Å². The predicted octanol–water partition coefficient (Wildman–Crippen LogP) is 2.74. The van der Waals surface area contributed by atoms with Gasteiger partial charge in [0.2, 0.25) is 11.7 Å². The molecule has 1 amide bonds. The molecular formula is C23H27N7O4. The monoisotopic (exact) mass is 465 g/mol. The van der Waals surface area contributed by atoms with Gasteiger partial charge in [-0.3, -0.25) is 9.78 Å². The van der Waals surface area contributed by atoms with Gasteiger partial charge in [0.15, 0.2) is 5.69 Å². The van der Waals surface area contributed by atoms with Gasteiger partial charge in [-0.05, 0) is 24.5 Å². The molecular weight excluding hydrogens is 438 g/mol. The van der Waals surface area contributed by atoms with E-state index in [0.717, 1.165) is 11.1 Å². The highest BCUT2D eigenvalue weighted by Gasteiger charge is 2.28. The number of carbonyl (C=O) groups is 1. The quantitative estimate of drug-likeness (QED) is 0.390. The average molecular weight is 466 g/mol. The average Bonchev–Trinajstić information content (AvgIpc) is 3.41. The lowest BCUT2D eigenvalue weighted by molar-refractivity contribution is 0.0936. The third kappa shape index (κ3) is 4.88. The summed E-state index contributed by atoms with van der Waals surface area (Å²) in [4.78, 5) is 16.5. The van der Waals surface area contributed by atoms with E-state index in [0.29, 0.717) is 47.6 Å². The van der Waals surface area contributed by atoms with Crippen molar-refractivity contribution < 1.29 is 18.8 Å². The molecule has 0 aliphatic heterocycles. The van der Waals surface area contributed by atoms with Crippen molar-refractivity contribution in [3.63, 3.8) is 0 Å². The second kappa shape index (κ2) is 9.56. The number of nitrogens with zero attached hydrogens (tertiary/aromatic N) is 6. The van der Waals surface area contributed by atoms with Gasteiger partial charge in [0, 0.05) is 31.5 Å². The van der Waals surface area contributed by atoms with Crippen molar-refractivity contribution in [3.8, 4) is 17.4 Å². The van der Waals surface area contributed by atoms with Gasteiger partial charge in [0.05, 0.1) is 29.6 Å². The first-order chi connectivity index (χ1) is 16.3. The smallest absolute Gasteiger partial charge is 0.252 e. The van der Waals surface area contributed by atoms with E-state index in [2.05, 4.69) is 51.5 Å². The highest BCUT2D eigenvalue weighted by atomic mass is 16.5. The number of pyridine rings is 1. The molecule has 11 heteroatoms. The summed E-state index contributed by atoms with van der Waals surface area (Å²) in [5.41, 5.74) is 3.03. The summed E-state index contributed by atoms with van der Waals surface area (Å²) < 4.78 is 17.9. The van der Waals surface area contributed by atoms with E-state index in [1.807, 2.05) is 6.92 Å². The number of fused-ring (bicyclic) bond motifs is 1. The number of hydrogen-bond acceptors (Lipinski definition) is 9.